The molecule has 2 atom stereocenters. The fraction of sp³-hybridized carbons (Fsp3) is 0.207. The minimum Gasteiger partial charge on any atom is -0.378 e. The van der Waals surface area contributed by atoms with E-state index in [1.54, 1.807) is 0 Å². The van der Waals surface area contributed by atoms with Gasteiger partial charge in [-0.05, 0) is 95.5 Å². The maximum atomic E-state index is 15.6. The fourth-order valence-electron chi connectivity index (χ4n) is 9.97. The molecule has 0 saturated heterocycles. The number of aliphatic hydroxyl groups is 2. The summed E-state index contributed by atoms with van der Waals surface area (Å²) in [7, 11) is 0. The zero-order valence-corrected chi connectivity index (χ0v) is 36.8. The summed E-state index contributed by atoms with van der Waals surface area (Å²) < 4.78 is 0. The molecule has 64 heavy (non-hydrogen) atoms. The molecule has 2 amide bonds. The normalized spacial score (nSPS) is 14.7. The van der Waals surface area contributed by atoms with Gasteiger partial charge in [0.1, 0.15) is 16.6 Å². The van der Waals surface area contributed by atoms with Crippen molar-refractivity contribution in [1.82, 2.24) is 10.6 Å². The number of hydrogen-bond donors (Lipinski definition) is 4. The molecule has 1 aliphatic carbocycles. The van der Waals surface area contributed by atoms with Gasteiger partial charge in [-0.2, -0.15) is 0 Å². The van der Waals surface area contributed by atoms with Crippen molar-refractivity contribution in [2.75, 3.05) is 0 Å². The zero-order valence-electron chi connectivity index (χ0n) is 36.8. The summed E-state index contributed by atoms with van der Waals surface area (Å²) in [4.78, 5) is 31.2. The van der Waals surface area contributed by atoms with E-state index in [9.17, 15) is 10.2 Å². The Morgan fingerprint density at radius 3 is 1.08 bits per heavy atom. The summed E-state index contributed by atoms with van der Waals surface area (Å²) in [5.41, 5.74) is 2.62. The lowest BCUT2D eigenvalue weighted by molar-refractivity contribution is -0.152. The van der Waals surface area contributed by atoms with Crippen LogP contribution in [0.3, 0.4) is 0 Å². The van der Waals surface area contributed by atoms with Crippen molar-refractivity contribution in [1.29, 1.82) is 0 Å². The van der Waals surface area contributed by atoms with Crippen molar-refractivity contribution in [2.45, 2.75) is 70.2 Å². The number of amides is 2. The van der Waals surface area contributed by atoms with E-state index in [4.69, 9.17) is 0 Å². The highest BCUT2D eigenvalue weighted by Crippen LogP contribution is 2.49. The standard InChI is InChI=1S/C58H54N2O4/c1-38-16-9-24-44(34-38)57(63,45-25-10-17-39(2)35-45)52(50-30-13-22-42-20-5-7-28-48(42)50)59-54(61)56(32-15-33-56)55(62)60-53(51-31-14-23-43-21-6-8-29-49(43)51)58(64,46-26-11-18-40(3)36-46)47-27-12-19-41(4)37-47/h5-14,16-31,34-37,52-53,63-64H,15,32-33H2,1-4H3,(H,59,61)(H,60,62)/t52-,53-/m0/s1. The molecule has 0 radical (unpaired) electrons. The van der Waals surface area contributed by atoms with Gasteiger partial charge in [0.25, 0.3) is 0 Å². The van der Waals surface area contributed by atoms with Gasteiger partial charge in [0.15, 0.2) is 0 Å². The van der Waals surface area contributed by atoms with E-state index in [1.165, 1.54) is 0 Å². The van der Waals surface area contributed by atoms with Gasteiger partial charge in [0.05, 0.1) is 12.1 Å². The highest BCUT2D eigenvalue weighted by atomic mass is 16.3. The molecule has 1 saturated carbocycles. The van der Waals surface area contributed by atoms with Crippen LogP contribution in [-0.4, -0.2) is 22.0 Å². The van der Waals surface area contributed by atoms with Gasteiger partial charge in [-0.3, -0.25) is 9.59 Å². The summed E-state index contributed by atoms with van der Waals surface area (Å²) in [6, 6.07) is 56.8. The van der Waals surface area contributed by atoms with Gasteiger partial charge in [-0.1, -0.05) is 211 Å². The maximum Gasteiger partial charge on any atom is 0.236 e. The molecule has 320 valence electrons. The molecule has 6 heteroatoms. The van der Waals surface area contributed by atoms with E-state index in [0.29, 0.717) is 39.8 Å². The van der Waals surface area contributed by atoms with E-state index >= 15 is 9.59 Å². The number of carbonyl (C=O) groups excluding carboxylic acids is 2. The maximum absolute atomic E-state index is 15.6. The predicted molar refractivity (Wildman–Crippen MR) is 257 cm³/mol. The van der Waals surface area contributed by atoms with Gasteiger partial charge in [-0.25, -0.2) is 0 Å². The van der Waals surface area contributed by atoms with Crippen molar-refractivity contribution in [2.24, 2.45) is 5.41 Å². The van der Waals surface area contributed by atoms with Crippen LogP contribution in [0.25, 0.3) is 21.5 Å². The van der Waals surface area contributed by atoms with Crippen LogP contribution in [0.15, 0.2) is 182 Å². The Kier molecular flexibility index (Phi) is 11.3. The predicted octanol–water partition coefficient (Wildman–Crippen LogP) is 11.3. The van der Waals surface area contributed by atoms with Crippen molar-refractivity contribution < 1.29 is 19.8 Å². The number of rotatable bonds is 12. The Morgan fingerprint density at radius 1 is 0.453 bits per heavy atom. The van der Waals surface area contributed by atoms with E-state index in [0.717, 1.165) is 43.8 Å². The Labute approximate surface area is 375 Å². The Balaban J connectivity index is 1.21. The molecule has 0 bridgehead atoms. The number of carbonyl (C=O) groups is 2. The average Bonchev–Trinajstić information content (AvgIpc) is 3.29. The van der Waals surface area contributed by atoms with Gasteiger partial charge in [-0.15, -0.1) is 0 Å². The molecule has 0 aromatic heterocycles. The van der Waals surface area contributed by atoms with E-state index in [2.05, 4.69) is 10.6 Å². The second kappa shape index (κ2) is 17.0. The molecular weight excluding hydrogens is 789 g/mol. The first-order valence-corrected chi connectivity index (χ1v) is 22.2. The van der Waals surface area contributed by atoms with Crippen molar-refractivity contribution in [3.8, 4) is 0 Å². The first-order valence-electron chi connectivity index (χ1n) is 22.2. The lowest BCUT2D eigenvalue weighted by Gasteiger charge is -2.45. The van der Waals surface area contributed by atoms with Crippen LogP contribution in [-0.2, 0) is 20.8 Å². The van der Waals surface area contributed by atoms with Gasteiger partial charge >= 0.3 is 0 Å². The molecule has 0 unspecified atom stereocenters. The van der Waals surface area contributed by atoms with Crippen LogP contribution in [0.4, 0.5) is 0 Å². The van der Waals surface area contributed by atoms with Crippen molar-refractivity contribution >= 4 is 33.4 Å². The number of nitrogens with one attached hydrogen (secondary N) is 2. The van der Waals surface area contributed by atoms with Crippen LogP contribution >= 0.6 is 0 Å². The number of benzene rings is 8. The molecule has 4 N–H and O–H groups in total. The quantitative estimate of drug-likeness (QED) is 0.0921. The lowest BCUT2D eigenvalue weighted by Crippen LogP contribution is -2.59. The fourth-order valence-corrected chi connectivity index (χ4v) is 9.97. The minimum absolute atomic E-state index is 0.288. The van der Waals surface area contributed by atoms with E-state index in [1.807, 2.05) is 210 Å². The molecule has 1 fully saturated rings. The number of aryl methyl sites for hydroxylation is 4. The molecule has 9 rings (SSSR count). The third-order valence-electron chi connectivity index (χ3n) is 13.6. The third-order valence-corrected chi connectivity index (χ3v) is 13.6. The largest absolute Gasteiger partial charge is 0.378 e. The van der Waals surface area contributed by atoms with Crippen LogP contribution in [0.1, 0.15) is 87.0 Å². The topological polar surface area (TPSA) is 98.7 Å². The molecule has 0 aliphatic heterocycles. The second-order valence-corrected chi connectivity index (χ2v) is 17.9. The smallest absolute Gasteiger partial charge is 0.236 e. The zero-order chi connectivity index (χ0) is 44.6. The minimum atomic E-state index is -1.78. The Hall–Kier alpha value is -6.86. The van der Waals surface area contributed by atoms with Crippen LogP contribution in [0, 0.1) is 33.1 Å². The summed E-state index contributed by atoms with van der Waals surface area (Å²) in [6.07, 6.45) is 1.23. The van der Waals surface area contributed by atoms with E-state index < -0.39 is 40.5 Å². The van der Waals surface area contributed by atoms with Crippen molar-refractivity contribution in [3.05, 3.63) is 238 Å². The number of hydrogen-bond acceptors (Lipinski definition) is 4. The first-order chi connectivity index (χ1) is 30.9. The van der Waals surface area contributed by atoms with Gasteiger partial charge in [0.2, 0.25) is 11.8 Å². The van der Waals surface area contributed by atoms with Crippen LogP contribution in [0.2, 0.25) is 0 Å². The summed E-state index contributed by atoms with van der Waals surface area (Å²) in [6.45, 7) is 7.95. The molecule has 6 nitrogen and oxygen atoms in total. The number of fused-ring (bicyclic) bond motifs is 2. The Morgan fingerprint density at radius 2 is 0.766 bits per heavy atom. The van der Waals surface area contributed by atoms with Crippen LogP contribution in [0.5, 0.6) is 0 Å². The van der Waals surface area contributed by atoms with Gasteiger partial charge < -0.3 is 20.8 Å². The molecule has 1 aliphatic rings. The molecule has 8 aromatic rings. The molecule has 0 heterocycles. The monoisotopic (exact) mass is 842 g/mol. The van der Waals surface area contributed by atoms with E-state index in [-0.39, 0.29) is 12.8 Å². The summed E-state index contributed by atoms with van der Waals surface area (Å²) in [5.74, 6) is -0.974. The molecule has 0 spiro atoms. The first kappa shape index (κ1) is 42.4. The second-order valence-electron chi connectivity index (χ2n) is 17.9. The van der Waals surface area contributed by atoms with Gasteiger partial charge in [0, 0.05) is 0 Å². The average molecular weight is 843 g/mol. The lowest BCUT2D eigenvalue weighted by atomic mass is 9.66. The van der Waals surface area contributed by atoms with Crippen molar-refractivity contribution in [3.63, 3.8) is 0 Å². The highest BCUT2D eigenvalue weighted by Gasteiger charge is 2.55. The van der Waals surface area contributed by atoms with Crippen LogP contribution < -0.4 is 10.6 Å². The Bertz CT molecular complexity index is 2740. The third kappa shape index (κ3) is 7.47. The summed E-state index contributed by atoms with van der Waals surface area (Å²) in [5, 5.41) is 37.7. The molecular formula is C58H54N2O4. The SMILES string of the molecule is Cc1cccc(C(O)(c2cccc(C)c2)[C@@H](NC(=O)C2(C(=O)N[C@@H](c3cccc4ccccc34)C(O)(c3cccc(C)c3)c3cccc(C)c3)CCC2)c2cccc3ccccc23)c1. The highest BCUT2D eigenvalue weighted by molar-refractivity contribution is 6.06. The summed E-state index contributed by atoms with van der Waals surface area (Å²) >= 11 is 0. The molecule has 8 aromatic carbocycles.